The molecule has 1 unspecified atom stereocenters. The van der Waals surface area contributed by atoms with Gasteiger partial charge in [0.15, 0.2) is 9.84 Å². The molecule has 0 radical (unpaired) electrons. The summed E-state index contributed by atoms with van der Waals surface area (Å²) in [5.41, 5.74) is -0.0451. The Balaban J connectivity index is 1.74. The van der Waals surface area contributed by atoms with Crippen molar-refractivity contribution < 1.29 is 17.9 Å². The molecule has 8 nitrogen and oxygen atoms in total. The summed E-state index contributed by atoms with van der Waals surface area (Å²) < 4.78 is 28.0. The summed E-state index contributed by atoms with van der Waals surface area (Å²) in [5, 5.41) is 14.6. The molecule has 9 heteroatoms. The number of hydrogen-bond donors (Lipinski definition) is 2. The number of hydrogen-bond acceptors (Lipinski definition) is 7. The van der Waals surface area contributed by atoms with Gasteiger partial charge in [-0.15, -0.1) is 0 Å². The van der Waals surface area contributed by atoms with Gasteiger partial charge in [-0.1, -0.05) is 0 Å². The van der Waals surface area contributed by atoms with Gasteiger partial charge in [-0.2, -0.15) is 5.26 Å². The largest absolute Gasteiger partial charge is 0.386 e. The molecular weight excluding hydrogens is 320 g/mol. The van der Waals surface area contributed by atoms with E-state index in [1.165, 1.54) is 6.20 Å². The molecule has 2 aliphatic rings. The van der Waals surface area contributed by atoms with Crippen molar-refractivity contribution in [2.24, 2.45) is 0 Å². The van der Waals surface area contributed by atoms with E-state index in [0.29, 0.717) is 32.7 Å². The van der Waals surface area contributed by atoms with Crippen LogP contribution in [-0.2, 0) is 19.4 Å². The summed E-state index contributed by atoms with van der Waals surface area (Å²) in [6.45, 7) is 4.25. The Morgan fingerprint density at radius 2 is 2.13 bits per heavy atom. The van der Waals surface area contributed by atoms with Gasteiger partial charge in [0.05, 0.1) is 24.7 Å². The van der Waals surface area contributed by atoms with Gasteiger partial charge in [-0.25, -0.2) is 8.42 Å². The number of nitrogens with one attached hydrogen (secondary N) is 2. The first-order valence-electron chi connectivity index (χ1n) is 7.65. The highest BCUT2D eigenvalue weighted by molar-refractivity contribution is 7.91. The number of ether oxygens (including phenoxy) is 1. The number of carbonyl (C=O) groups excluding carboxylic acids is 1. The van der Waals surface area contributed by atoms with Gasteiger partial charge < -0.3 is 15.4 Å². The van der Waals surface area contributed by atoms with Crippen LogP contribution in [0.4, 0.5) is 0 Å². The Bertz CT molecular complexity index is 590. The summed E-state index contributed by atoms with van der Waals surface area (Å²) in [5.74, 6) is -0.262. The van der Waals surface area contributed by atoms with Crippen molar-refractivity contribution >= 4 is 15.7 Å². The SMILES string of the molecule is N#C/C(=C/NC1CCS(=O)(=O)C1)C(=O)NCCN1CCOCC1. The van der Waals surface area contributed by atoms with Crippen LogP contribution in [0.25, 0.3) is 0 Å². The molecule has 2 rings (SSSR count). The van der Waals surface area contributed by atoms with Crippen molar-refractivity contribution in [3.63, 3.8) is 0 Å². The van der Waals surface area contributed by atoms with Crippen molar-refractivity contribution in [3.05, 3.63) is 11.8 Å². The van der Waals surface area contributed by atoms with E-state index >= 15 is 0 Å². The smallest absolute Gasteiger partial charge is 0.263 e. The lowest BCUT2D eigenvalue weighted by Crippen LogP contribution is -2.41. The zero-order valence-electron chi connectivity index (χ0n) is 13.0. The maximum Gasteiger partial charge on any atom is 0.263 e. The molecule has 2 aliphatic heterocycles. The lowest BCUT2D eigenvalue weighted by Gasteiger charge is -2.26. The van der Waals surface area contributed by atoms with E-state index in [0.717, 1.165) is 13.1 Å². The zero-order chi connectivity index (χ0) is 16.7. The second-order valence-electron chi connectivity index (χ2n) is 5.65. The molecule has 0 saturated carbocycles. The second-order valence-corrected chi connectivity index (χ2v) is 7.88. The van der Waals surface area contributed by atoms with Crippen LogP contribution in [0.2, 0.25) is 0 Å². The highest BCUT2D eigenvalue weighted by atomic mass is 32.2. The molecule has 128 valence electrons. The molecule has 0 bridgehead atoms. The molecule has 2 heterocycles. The summed E-state index contributed by atoms with van der Waals surface area (Å²) in [4.78, 5) is 14.1. The van der Waals surface area contributed by atoms with E-state index in [2.05, 4.69) is 15.5 Å². The van der Waals surface area contributed by atoms with Gasteiger partial charge >= 0.3 is 0 Å². The van der Waals surface area contributed by atoms with Crippen LogP contribution in [-0.4, -0.2) is 76.2 Å². The molecule has 0 aromatic carbocycles. The fourth-order valence-corrected chi connectivity index (χ4v) is 4.21. The van der Waals surface area contributed by atoms with Crippen LogP contribution in [0.1, 0.15) is 6.42 Å². The monoisotopic (exact) mass is 342 g/mol. The number of nitrogens with zero attached hydrogens (tertiary/aromatic N) is 2. The Kier molecular flexibility index (Phi) is 6.38. The summed E-state index contributed by atoms with van der Waals surface area (Å²) in [6, 6.07) is 1.61. The van der Waals surface area contributed by atoms with Crippen molar-refractivity contribution in [1.29, 1.82) is 5.26 Å². The molecule has 1 amide bonds. The lowest BCUT2D eigenvalue weighted by atomic mass is 10.2. The number of nitriles is 1. The van der Waals surface area contributed by atoms with Crippen molar-refractivity contribution in [1.82, 2.24) is 15.5 Å². The molecule has 0 aromatic rings. The minimum atomic E-state index is -2.99. The van der Waals surface area contributed by atoms with E-state index in [9.17, 15) is 13.2 Å². The molecule has 1 atom stereocenters. The van der Waals surface area contributed by atoms with Crippen molar-refractivity contribution in [2.75, 3.05) is 50.9 Å². The van der Waals surface area contributed by atoms with Crippen LogP contribution >= 0.6 is 0 Å². The summed E-state index contributed by atoms with van der Waals surface area (Å²) >= 11 is 0. The maximum atomic E-state index is 11.9. The topological polar surface area (TPSA) is 112 Å². The molecule has 23 heavy (non-hydrogen) atoms. The lowest BCUT2D eigenvalue weighted by molar-refractivity contribution is -0.117. The van der Waals surface area contributed by atoms with Gasteiger partial charge in [0.2, 0.25) is 0 Å². The molecule has 2 saturated heterocycles. The highest BCUT2D eigenvalue weighted by Crippen LogP contribution is 2.11. The third kappa shape index (κ3) is 5.82. The predicted molar refractivity (Wildman–Crippen MR) is 84.2 cm³/mol. The Labute approximate surface area is 136 Å². The predicted octanol–water partition coefficient (Wildman–Crippen LogP) is -1.38. The molecule has 2 N–H and O–H groups in total. The minimum absolute atomic E-state index is 0.0425. The molecule has 0 spiro atoms. The highest BCUT2D eigenvalue weighted by Gasteiger charge is 2.27. The quantitative estimate of drug-likeness (QED) is 0.452. The van der Waals surface area contributed by atoms with Crippen molar-refractivity contribution in [2.45, 2.75) is 12.5 Å². The number of carbonyl (C=O) groups is 1. The van der Waals surface area contributed by atoms with Crippen molar-refractivity contribution in [3.8, 4) is 6.07 Å². The van der Waals surface area contributed by atoms with Gasteiger partial charge in [0.1, 0.15) is 11.6 Å². The van der Waals surface area contributed by atoms with Crippen LogP contribution in [0.3, 0.4) is 0 Å². The Hall–Kier alpha value is -1.63. The van der Waals surface area contributed by atoms with Gasteiger partial charge in [-0.3, -0.25) is 9.69 Å². The van der Waals surface area contributed by atoms with Gasteiger partial charge in [0.25, 0.3) is 5.91 Å². The van der Waals surface area contributed by atoms with E-state index in [1.807, 2.05) is 6.07 Å². The van der Waals surface area contributed by atoms with Gasteiger partial charge in [-0.05, 0) is 6.42 Å². The fraction of sp³-hybridized carbons (Fsp3) is 0.714. The first kappa shape index (κ1) is 17.7. The minimum Gasteiger partial charge on any atom is -0.386 e. The molecular formula is C14H22N4O4S. The fourth-order valence-electron chi connectivity index (χ4n) is 2.52. The molecule has 0 aromatic heterocycles. The average Bonchev–Trinajstić information content (AvgIpc) is 2.88. The Morgan fingerprint density at radius 3 is 2.74 bits per heavy atom. The van der Waals surface area contributed by atoms with Crippen LogP contribution in [0.15, 0.2) is 11.8 Å². The first-order chi connectivity index (χ1) is 11.0. The van der Waals surface area contributed by atoms with Crippen LogP contribution in [0.5, 0.6) is 0 Å². The molecule has 2 fully saturated rings. The van der Waals surface area contributed by atoms with E-state index in [-0.39, 0.29) is 23.1 Å². The number of amides is 1. The van der Waals surface area contributed by atoms with Crippen LogP contribution < -0.4 is 10.6 Å². The van der Waals surface area contributed by atoms with E-state index in [1.54, 1.807) is 0 Å². The Morgan fingerprint density at radius 1 is 1.39 bits per heavy atom. The normalized spacial score (nSPS) is 24.8. The number of morpholine rings is 1. The molecule has 0 aliphatic carbocycles. The number of rotatable bonds is 6. The average molecular weight is 342 g/mol. The van der Waals surface area contributed by atoms with Crippen LogP contribution in [0, 0.1) is 11.3 Å². The second kappa shape index (κ2) is 8.29. The maximum absolute atomic E-state index is 11.9. The zero-order valence-corrected chi connectivity index (χ0v) is 13.8. The third-order valence-electron chi connectivity index (χ3n) is 3.88. The summed E-state index contributed by atoms with van der Waals surface area (Å²) in [7, 11) is -2.99. The van der Waals surface area contributed by atoms with E-state index in [4.69, 9.17) is 10.00 Å². The number of sulfone groups is 1. The third-order valence-corrected chi connectivity index (χ3v) is 5.65. The van der Waals surface area contributed by atoms with E-state index < -0.39 is 15.7 Å². The summed E-state index contributed by atoms with van der Waals surface area (Å²) in [6.07, 6.45) is 1.81. The van der Waals surface area contributed by atoms with Gasteiger partial charge in [0, 0.05) is 38.4 Å². The standard InChI is InChI=1S/C14H22N4O4S/c15-9-12(10-17-13-1-8-23(20,21)11-13)14(19)16-2-3-18-4-6-22-7-5-18/h10,13,17H,1-8,11H2,(H,16,19)/b12-10-. The first-order valence-corrected chi connectivity index (χ1v) is 9.47.